The van der Waals surface area contributed by atoms with Crippen molar-refractivity contribution in [2.45, 2.75) is 58.0 Å². The van der Waals surface area contributed by atoms with Gasteiger partial charge < -0.3 is 0 Å². The summed E-state index contributed by atoms with van der Waals surface area (Å²) in [6, 6.07) is 12.6. The lowest BCUT2D eigenvalue weighted by atomic mass is 9.71. The van der Waals surface area contributed by atoms with Crippen molar-refractivity contribution in [3.63, 3.8) is 0 Å². The van der Waals surface area contributed by atoms with Crippen LogP contribution >= 0.6 is 0 Å². The summed E-state index contributed by atoms with van der Waals surface area (Å²) in [7, 11) is 0. The number of benzene rings is 1. The number of rotatable bonds is 4. The lowest BCUT2D eigenvalue weighted by Gasteiger charge is -2.35. The van der Waals surface area contributed by atoms with E-state index < -0.39 is 5.92 Å². The molecular formula is C20H26N2O. The zero-order valence-electron chi connectivity index (χ0n) is 14.3. The maximum Gasteiger partial charge on any atom is 0.168 e. The van der Waals surface area contributed by atoms with E-state index in [-0.39, 0.29) is 5.78 Å². The summed E-state index contributed by atoms with van der Waals surface area (Å²) in [4.78, 5) is 15.1. The quantitative estimate of drug-likeness (QED) is 0.850. The molecule has 0 aromatic heterocycles. The summed E-state index contributed by atoms with van der Waals surface area (Å²) in [6.07, 6.45) is 3.61. The van der Waals surface area contributed by atoms with Crippen LogP contribution in [0, 0.1) is 22.7 Å². The highest BCUT2D eigenvalue weighted by Gasteiger charge is 2.47. The third-order valence-electron chi connectivity index (χ3n) is 5.77. The monoisotopic (exact) mass is 310 g/mol. The maximum absolute atomic E-state index is 12.8. The molecule has 1 aromatic carbocycles. The summed E-state index contributed by atoms with van der Waals surface area (Å²) < 4.78 is 0. The van der Waals surface area contributed by atoms with Crippen molar-refractivity contribution in [1.82, 2.24) is 4.90 Å². The Labute approximate surface area is 139 Å². The van der Waals surface area contributed by atoms with Gasteiger partial charge in [-0.15, -0.1) is 0 Å². The second-order valence-electron chi connectivity index (χ2n) is 8.07. The molecule has 1 aromatic rings. The van der Waals surface area contributed by atoms with Crippen LogP contribution in [-0.4, -0.2) is 29.3 Å². The number of carbonyl (C=O) groups is 1. The molecular weight excluding hydrogens is 284 g/mol. The van der Waals surface area contributed by atoms with Crippen LogP contribution in [0.15, 0.2) is 30.3 Å². The normalized spacial score (nSPS) is 30.6. The van der Waals surface area contributed by atoms with Gasteiger partial charge in [0, 0.05) is 12.1 Å². The Morgan fingerprint density at radius 2 is 2.04 bits per heavy atom. The van der Waals surface area contributed by atoms with Gasteiger partial charge in [0.05, 0.1) is 12.6 Å². The fourth-order valence-electron chi connectivity index (χ4n) is 4.69. The molecule has 1 aliphatic carbocycles. The van der Waals surface area contributed by atoms with Crippen LogP contribution in [0.4, 0.5) is 0 Å². The highest BCUT2D eigenvalue weighted by Crippen LogP contribution is 2.48. The summed E-state index contributed by atoms with van der Waals surface area (Å²) in [5.41, 5.74) is 1.18. The zero-order chi connectivity index (χ0) is 16.6. The lowest BCUT2D eigenvalue weighted by molar-refractivity contribution is -0.121. The number of nitriles is 1. The Balaban J connectivity index is 1.74. The van der Waals surface area contributed by atoms with Crippen LogP contribution in [0.5, 0.6) is 0 Å². The smallest absolute Gasteiger partial charge is 0.168 e. The largest absolute Gasteiger partial charge is 0.296 e. The summed E-state index contributed by atoms with van der Waals surface area (Å²) in [5.74, 6) is 0.0848. The standard InChI is InChI=1S/C20H26N2O/c1-14-16-9-17(11-20(2,3)10-16)22(14)13-19(23)18(12-21)15-7-5-4-6-8-15/h4-8,14,16-18H,9-11,13H2,1-3H3/t14-,16-,17-,18+/m1/s1. The van der Waals surface area contributed by atoms with Gasteiger partial charge in [0.2, 0.25) is 0 Å². The molecule has 1 saturated heterocycles. The Morgan fingerprint density at radius 3 is 2.70 bits per heavy atom. The number of hydrogen-bond donors (Lipinski definition) is 0. The third kappa shape index (κ3) is 3.19. The first-order chi connectivity index (χ1) is 10.9. The molecule has 2 bridgehead atoms. The van der Waals surface area contributed by atoms with Crippen molar-refractivity contribution >= 4 is 5.78 Å². The van der Waals surface area contributed by atoms with Crippen molar-refractivity contribution < 1.29 is 4.79 Å². The molecule has 0 spiro atoms. The second-order valence-corrected chi connectivity index (χ2v) is 8.07. The van der Waals surface area contributed by atoms with Crippen LogP contribution in [-0.2, 0) is 4.79 Å². The Bertz CT molecular complexity index is 616. The van der Waals surface area contributed by atoms with Gasteiger partial charge in [-0.25, -0.2) is 0 Å². The van der Waals surface area contributed by atoms with E-state index >= 15 is 0 Å². The summed E-state index contributed by atoms with van der Waals surface area (Å²) in [5, 5.41) is 9.47. The Kier molecular flexibility index (Phi) is 4.29. The highest BCUT2D eigenvalue weighted by molar-refractivity contribution is 5.90. The molecule has 0 amide bonds. The molecule has 122 valence electrons. The average Bonchev–Trinajstić information content (AvgIpc) is 2.72. The Morgan fingerprint density at radius 1 is 1.35 bits per heavy atom. The van der Waals surface area contributed by atoms with E-state index in [1.54, 1.807) is 0 Å². The molecule has 3 nitrogen and oxygen atoms in total. The number of Topliss-reactive ketones (excluding diaryl/α,β-unsaturated/α-hetero) is 1. The molecule has 23 heavy (non-hydrogen) atoms. The molecule has 2 fully saturated rings. The van der Waals surface area contributed by atoms with E-state index in [2.05, 4.69) is 31.7 Å². The minimum Gasteiger partial charge on any atom is -0.296 e. The zero-order valence-corrected chi connectivity index (χ0v) is 14.3. The van der Waals surface area contributed by atoms with Crippen molar-refractivity contribution in [1.29, 1.82) is 5.26 Å². The van der Waals surface area contributed by atoms with Crippen molar-refractivity contribution in [2.75, 3.05) is 6.54 Å². The van der Waals surface area contributed by atoms with Gasteiger partial charge in [0.25, 0.3) is 0 Å². The summed E-state index contributed by atoms with van der Waals surface area (Å²) >= 11 is 0. The summed E-state index contributed by atoms with van der Waals surface area (Å²) in [6.45, 7) is 7.34. The molecule has 4 atom stereocenters. The van der Waals surface area contributed by atoms with Crippen LogP contribution in [0.25, 0.3) is 0 Å². The molecule has 3 rings (SSSR count). The van der Waals surface area contributed by atoms with E-state index in [0.29, 0.717) is 30.0 Å². The van der Waals surface area contributed by atoms with E-state index in [1.807, 2.05) is 30.3 Å². The number of likely N-dealkylation sites (tertiary alicyclic amines) is 1. The minimum absolute atomic E-state index is 0.0379. The molecule has 0 N–H and O–H groups in total. The van der Waals surface area contributed by atoms with Crippen LogP contribution < -0.4 is 0 Å². The van der Waals surface area contributed by atoms with Gasteiger partial charge in [-0.2, -0.15) is 5.26 Å². The average molecular weight is 310 g/mol. The molecule has 1 aliphatic heterocycles. The third-order valence-corrected chi connectivity index (χ3v) is 5.77. The molecule has 3 heteroatoms. The highest BCUT2D eigenvalue weighted by atomic mass is 16.1. The Hall–Kier alpha value is -1.66. The fraction of sp³-hybridized carbons (Fsp3) is 0.600. The first-order valence-electron chi connectivity index (χ1n) is 8.64. The van der Waals surface area contributed by atoms with Crippen LogP contribution in [0.3, 0.4) is 0 Å². The molecule has 1 heterocycles. The van der Waals surface area contributed by atoms with Crippen LogP contribution in [0.2, 0.25) is 0 Å². The van der Waals surface area contributed by atoms with E-state index in [0.717, 1.165) is 12.0 Å². The van der Waals surface area contributed by atoms with Crippen LogP contribution in [0.1, 0.15) is 51.5 Å². The second kappa shape index (κ2) is 6.09. The van der Waals surface area contributed by atoms with Gasteiger partial charge in [-0.05, 0) is 43.1 Å². The van der Waals surface area contributed by atoms with E-state index in [4.69, 9.17) is 0 Å². The van der Waals surface area contributed by atoms with Gasteiger partial charge in [0.1, 0.15) is 5.92 Å². The predicted molar refractivity (Wildman–Crippen MR) is 90.9 cm³/mol. The first-order valence-corrected chi connectivity index (χ1v) is 8.64. The fourth-order valence-corrected chi connectivity index (χ4v) is 4.69. The van der Waals surface area contributed by atoms with E-state index in [9.17, 15) is 10.1 Å². The number of fused-ring (bicyclic) bond motifs is 2. The SMILES string of the molecule is C[C@@H]1[C@@H]2C[C@H](CC(C)(C)C2)N1CC(=O)[C@@H](C#N)c1ccccc1. The number of hydrogen-bond acceptors (Lipinski definition) is 3. The predicted octanol–water partition coefficient (Wildman–Crippen LogP) is 3.76. The number of nitrogens with zero attached hydrogens (tertiary/aromatic N) is 2. The van der Waals surface area contributed by atoms with Crippen molar-refractivity contribution in [3.8, 4) is 6.07 Å². The van der Waals surface area contributed by atoms with Gasteiger partial charge in [-0.1, -0.05) is 44.2 Å². The maximum atomic E-state index is 12.8. The number of carbonyl (C=O) groups excluding carboxylic acids is 1. The topological polar surface area (TPSA) is 44.1 Å². The molecule has 1 saturated carbocycles. The van der Waals surface area contributed by atoms with Crippen molar-refractivity contribution in [2.24, 2.45) is 11.3 Å². The molecule has 0 radical (unpaired) electrons. The van der Waals surface area contributed by atoms with Crippen molar-refractivity contribution in [3.05, 3.63) is 35.9 Å². The van der Waals surface area contributed by atoms with Gasteiger partial charge in [-0.3, -0.25) is 9.69 Å². The molecule has 2 aliphatic rings. The van der Waals surface area contributed by atoms with Gasteiger partial charge >= 0.3 is 0 Å². The lowest BCUT2D eigenvalue weighted by Crippen LogP contribution is -2.40. The minimum atomic E-state index is -0.642. The van der Waals surface area contributed by atoms with E-state index in [1.165, 1.54) is 12.8 Å². The number of ketones is 1. The molecule has 0 unspecified atom stereocenters. The van der Waals surface area contributed by atoms with Gasteiger partial charge in [0.15, 0.2) is 5.78 Å². The first kappa shape index (κ1) is 16.2.